The minimum absolute atomic E-state index is 0.0639. The topological polar surface area (TPSA) is 78.9 Å². The average molecular weight is 779 g/mol. The van der Waals surface area contributed by atoms with Crippen LogP contribution in [0.1, 0.15) is 272 Å². The highest BCUT2D eigenvalue weighted by Crippen LogP contribution is 2.16. The van der Waals surface area contributed by atoms with Crippen molar-refractivity contribution in [3.05, 3.63) is 0 Å². The van der Waals surface area contributed by atoms with Gasteiger partial charge in [0, 0.05) is 19.3 Å². The van der Waals surface area contributed by atoms with Crippen LogP contribution in [0.4, 0.5) is 0 Å². The zero-order chi connectivity index (χ0) is 40.3. The number of hydrogen-bond donors (Lipinski definition) is 0. The van der Waals surface area contributed by atoms with E-state index >= 15 is 0 Å². The van der Waals surface area contributed by atoms with Gasteiger partial charge in [-0.2, -0.15) is 0 Å². The van der Waals surface area contributed by atoms with Crippen LogP contribution in [0.5, 0.6) is 0 Å². The molecular weight excluding hydrogens is 685 g/mol. The van der Waals surface area contributed by atoms with Crippen molar-refractivity contribution in [3.63, 3.8) is 0 Å². The molecule has 6 heteroatoms. The second-order valence-electron chi connectivity index (χ2n) is 17.2. The van der Waals surface area contributed by atoms with Gasteiger partial charge in [0.2, 0.25) is 0 Å². The summed E-state index contributed by atoms with van der Waals surface area (Å²) in [6.07, 6.45) is 43.8. The van der Waals surface area contributed by atoms with E-state index in [9.17, 15) is 14.4 Å². The van der Waals surface area contributed by atoms with Crippen LogP contribution in [0.25, 0.3) is 0 Å². The van der Waals surface area contributed by atoms with Crippen molar-refractivity contribution in [1.82, 2.24) is 0 Å². The Kier molecular flexibility index (Phi) is 42.3. The molecule has 0 aromatic rings. The van der Waals surface area contributed by atoms with Crippen LogP contribution in [0, 0.1) is 5.92 Å². The SMILES string of the molecule is CCCCCCCCCCCCCCCCC(=O)OC[C@H](COC(=O)CCCCCCCCCCCCCCC)OC(=O)CCCCCCCCCC(C)C. The van der Waals surface area contributed by atoms with Gasteiger partial charge in [-0.1, -0.05) is 233 Å². The minimum Gasteiger partial charge on any atom is -0.462 e. The Morgan fingerprint density at radius 2 is 0.600 bits per heavy atom. The Hall–Kier alpha value is -1.59. The normalized spacial score (nSPS) is 11.9. The predicted molar refractivity (Wildman–Crippen MR) is 233 cm³/mol. The fourth-order valence-corrected chi connectivity index (χ4v) is 7.33. The Balaban J connectivity index is 4.29. The molecule has 1 atom stereocenters. The van der Waals surface area contributed by atoms with Gasteiger partial charge < -0.3 is 14.2 Å². The average Bonchev–Trinajstić information content (AvgIpc) is 3.17. The van der Waals surface area contributed by atoms with Crippen LogP contribution in [0.15, 0.2) is 0 Å². The van der Waals surface area contributed by atoms with E-state index in [2.05, 4.69) is 27.7 Å². The maximum absolute atomic E-state index is 12.7. The number of esters is 3. The van der Waals surface area contributed by atoms with Crippen molar-refractivity contribution >= 4 is 17.9 Å². The number of carbonyl (C=O) groups excluding carboxylic acids is 3. The van der Waals surface area contributed by atoms with Crippen molar-refractivity contribution in [2.24, 2.45) is 5.92 Å². The Morgan fingerprint density at radius 1 is 0.345 bits per heavy atom. The molecule has 55 heavy (non-hydrogen) atoms. The molecular formula is C49H94O6. The maximum atomic E-state index is 12.7. The minimum atomic E-state index is -0.760. The molecule has 0 aromatic carbocycles. The van der Waals surface area contributed by atoms with Crippen molar-refractivity contribution in [1.29, 1.82) is 0 Å². The second kappa shape index (κ2) is 43.5. The lowest BCUT2D eigenvalue weighted by Gasteiger charge is -2.18. The van der Waals surface area contributed by atoms with E-state index in [1.54, 1.807) is 0 Å². The van der Waals surface area contributed by atoms with E-state index in [0.717, 1.165) is 63.7 Å². The van der Waals surface area contributed by atoms with Crippen LogP contribution < -0.4 is 0 Å². The molecule has 0 bridgehead atoms. The van der Waals surface area contributed by atoms with E-state index in [0.29, 0.717) is 19.3 Å². The molecule has 6 nitrogen and oxygen atoms in total. The van der Waals surface area contributed by atoms with Gasteiger partial charge in [0.25, 0.3) is 0 Å². The van der Waals surface area contributed by atoms with E-state index < -0.39 is 6.10 Å². The van der Waals surface area contributed by atoms with Crippen LogP contribution in [-0.4, -0.2) is 37.2 Å². The van der Waals surface area contributed by atoms with Gasteiger partial charge >= 0.3 is 17.9 Å². The first-order valence-electron chi connectivity index (χ1n) is 24.4. The molecule has 0 aliphatic heterocycles. The van der Waals surface area contributed by atoms with Crippen molar-refractivity contribution in [3.8, 4) is 0 Å². The molecule has 0 aliphatic carbocycles. The molecule has 0 saturated heterocycles. The lowest BCUT2D eigenvalue weighted by Crippen LogP contribution is -2.30. The lowest BCUT2D eigenvalue weighted by molar-refractivity contribution is -0.167. The summed E-state index contributed by atoms with van der Waals surface area (Å²) >= 11 is 0. The monoisotopic (exact) mass is 779 g/mol. The van der Waals surface area contributed by atoms with Crippen LogP contribution in [-0.2, 0) is 28.6 Å². The van der Waals surface area contributed by atoms with E-state index in [4.69, 9.17) is 14.2 Å². The number of hydrogen-bond acceptors (Lipinski definition) is 6. The molecule has 0 rings (SSSR count). The highest BCUT2D eigenvalue weighted by molar-refractivity contribution is 5.71. The van der Waals surface area contributed by atoms with Crippen molar-refractivity contribution < 1.29 is 28.6 Å². The summed E-state index contributed by atoms with van der Waals surface area (Å²) in [5.74, 6) is -0.0738. The summed E-state index contributed by atoms with van der Waals surface area (Å²) in [5.41, 5.74) is 0. The lowest BCUT2D eigenvalue weighted by atomic mass is 10.0. The molecule has 326 valence electrons. The molecule has 0 amide bonds. The summed E-state index contributed by atoms with van der Waals surface area (Å²) < 4.78 is 16.7. The van der Waals surface area contributed by atoms with E-state index in [1.165, 1.54) is 167 Å². The standard InChI is InChI=1S/C49H94O6/c1-5-7-9-11-13-15-17-19-21-23-25-29-33-37-41-48(51)54-44-46(55-49(52)42-38-34-30-26-27-31-35-39-45(3)4)43-53-47(50)40-36-32-28-24-22-20-18-16-14-12-10-8-6-2/h45-46H,5-44H2,1-4H3/t46-/m0/s1. The fourth-order valence-electron chi connectivity index (χ4n) is 7.33. The summed E-state index contributed by atoms with van der Waals surface area (Å²) in [6, 6.07) is 0. The smallest absolute Gasteiger partial charge is 0.306 e. The first kappa shape index (κ1) is 53.4. The highest BCUT2D eigenvalue weighted by atomic mass is 16.6. The Labute approximate surface area is 342 Å². The third kappa shape index (κ3) is 43.4. The molecule has 0 unspecified atom stereocenters. The van der Waals surface area contributed by atoms with Gasteiger partial charge in [-0.3, -0.25) is 14.4 Å². The van der Waals surface area contributed by atoms with Gasteiger partial charge in [0.05, 0.1) is 0 Å². The maximum Gasteiger partial charge on any atom is 0.306 e. The molecule has 0 radical (unpaired) electrons. The van der Waals surface area contributed by atoms with E-state index in [-0.39, 0.29) is 31.1 Å². The first-order valence-corrected chi connectivity index (χ1v) is 24.4. The zero-order valence-corrected chi connectivity index (χ0v) is 37.4. The first-order chi connectivity index (χ1) is 26.9. The molecule has 0 aromatic heterocycles. The number of ether oxygens (including phenoxy) is 3. The molecule has 0 heterocycles. The Morgan fingerprint density at radius 3 is 0.891 bits per heavy atom. The summed E-state index contributed by atoms with van der Waals surface area (Å²) in [5, 5.41) is 0. The summed E-state index contributed by atoms with van der Waals surface area (Å²) in [6.45, 7) is 8.96. The van der Waals surface area contributed by atoms with Crippen molar-refractivity contribution in [2.45, 2.75) is 278 Å². The zero-order valence-electron chi connectivity index (χ0n) is 37.4. The molecule has 0 N–H and O–H groups in total. The second-order valence-corrected chi connectivity index (χ2v) is 17.2. The third-order valence-electron chi connectivity index (χ3n) is 11.0. The molecule has 0 spiro atoms. The summed E-state index contributed by atoms with van der Waals surface area (Å²) in [4.78, 5) is 37.8. The van der Waals surface area contributed by atoms with Gasteiger partial charge in [0.15, 0.2) is 6.10 Å². The predicted octanol–water partition coefficient (Wildman–Crippen LogP) is 15.5. The van der Waals surface area contributed by atoms with Gasteiger partial charge in [-0.05, 0) is 25.2 Å². The molecule has 0 saturated carbocycles. The van der Waals surface area contributed by atoms with Gasteiger partial charge in [-0.15, -0.1) is 0 Å². The highest BCUT2D eigenvalue weighted by Gasteiger charge is 2.19. The number of rotatable bonds is 44. The third-order valence-corrected chi connectivity index (χ3v) is 11.0. The van der Waals surface area contributed by atoms with Gasteiger partial charge in [-0.25, -0.2) is 0 Å². The largest absolute Gasteiger partial charge is 0.462 e. The quantitative estimate of drug-likeness (QED) is 0.0348. The number of unbranched alkanes of at least 4 members (excludes halogenated alkanes) is 31. The molecule has 0 aliphatic rings. The van der Waals surface area contributed by atoms with Crippen LogP contribution >= 0.6 is 0 Å². The van der Waals surface area contributed by atoms with Crippen molar-refractivity contribution in [2.75, 3.05) is 13.2 Å². The van der Waals surface area contributed by atoms with Gasteiger partial charge in [0.1, 0.15) is 13.2 Å². The molecule has 0 fully saturated rings. The van der Waals surface area contributed by atoms with Crippen LogP contribution in [0.2, 0.25) is 0 Å². The number of carbonyl (C=O) groups is 3. The van der Waals surface area contributed by atoms with Crippen LogP contribution in [0.3, 0.4) is 0 Å². The fraction of sp³-hybridized carbons (Fsp3) is 0.939. The summed E-state index contributed by atoms with van der Waals surface area (Å²) in [7, 11) is 0. The van der Waals surface area contributed by atoms with E-state index in [1.807, 2.05) is 0 Å². The Bertz CT molecular complexity index is 826.